The van der Waals surface area contributed by atoms with Gasteiger partial charge in [-0.1, -0.05) is 36.2 Å². The summed E-state index contributed by atoms with van der Waals surface area (Å²) in [4.78, 5) is 0. The molecule has 1 nitrogen and oxygen atoms in total. The lowest BCUT2D eigenvalue weighted by Crippen LogP contribution is -2.02. The monoisotopic (exact) mass is 288 g/mol. The van der Waals surface area contributed by atoms with E-state index in [-0.39, 0.29) is 5.82 Å². The smallest absolute Gasteiger partial charge is 0.166 e. The summed E-state index contributed by atoms with van der Waals surface area (Å²) in [6.07, 6.45) is 3.30. The lowest BCUT2D eigenvalue weighted by atomic mass is 10.0. The standard InChI is InChI=1S/C13H18BrFO/c1-3-10(2)5-4-8-16-13-7-6-11(14)9-12(13)15/h6-7,9-10H,3-5,8H2,1-2H3. The quantitative estimate of drug-likeness (QED) is 0.684. The molecule has 0 heterocycles. The maximum atomic E-state index is 13.3. The molecule has 0 aliphatic heterocycles. The number of ether oxygens (including phenoxy) is 1. The molecule has 0 saturated carbocycles. The van der Waals surface area contributed by atoms with Gasteiger partial charge in [0.05, 0.1) is 6.61 Å². The predicted molar refractivity (Wildman–Crippen MR) is 68.3 cm³/mol. The average molecular weight is 289 g/mol. The Balaban J connectivity index is 2.32. The van der Waals surface area contributed by atoms with Crippen LogP contribution in [0.1, 0.15) is 33.1 Å². The Kier molecular flexibility index (Phi) is 5.81. The Hall–Kier alpha value is -0.570. The van der Waals surface area contributed by atoms with E-state index in [4.69, 9.17) is 4.74 Å². The molecule has 16 heavy (non-hydrogen) atoms. The first-order valence-electron chi connectivity index (χ1n) is 5.71. The zero-order chi connectivity index (χ0) is 12.0. The van der Waals surface area contributed by atoms with Gasteiger partial charge in [-0.05, 0) is 37.0 Å². The molecule has 0 aliphatic carbocycles. The molecule has 0 amide bonds. The first kappa shape index (κ1) is 13.5. The first-order valence-corrected chi connectivity index (χ1v) is 6.50. The van der Waals surface area contributed by atoms with E-state index in [0.29, 0.717) is 12.4 Å². The van der Waals surface area contributed by atoms with Crippen LogP contribution in [0.4, 0.5) is 4.39 Å². The fourth-order valence-electron chi connectivity index (χ4n) is 1.41. The summed E-state index contributed by atoms with van der Waals surface area (Å²) < 4.78 is 19.5. The van der Waals surface area contributed by atoms with Gasteiger partial charge in [0.2, 0.25) is 0 Å². The summed E-state index contributed by atoms with van der Waals surface area (Å²) >= 11 is 3.21. The molecular formula is C13H18BrFO. The normalized spacial score (nSPS) is 12.5. The van der Waals surface area contributed by atoms with E-state index in [1.807, 2.05) is 0 Å². The second kappa shape index (κ2) is 6.89. The third kappa shape index (κ3) is 4.52. The maximum Gasteiger partial charge on any atom is 0.166 e. The summed E-state index contributed by atoms with van der Waals surface area (Å²) in [5, 5.41) is 0. The third-order valence-corrected chi connectivity index (χ3v) is 3.18. The van der Waals surface area contributed by atoms with Crippen molar-refractivity contribution in [2.45, 2.75) is 33.1 Å². The average Bonchev–Trinajstić information content (AvgIpc) is 2.26. The van der Waals surface area contributed by atoms with E-state index >= 15 is 0 Å². The fourth-order valence-corrected chi connectivity index (χ4v) is 1.74. The van der Waals surface area contributed by atoms with E-state index in [0.717, 1.165) is 23.2 Å². The van der Waals surface area contributed by atoms with Gasteiger partial charge in [-0.25, -0.2) is 4.39 Å². The van der Waals surface area contributed by atoms with E-state index in [9.17, 15) is 4.39 Å². The minimum absolute atomic E-state index is 0.307. The van der Waals surface area contributed by atoms with Crippen molar-refractivity contribution in [3.05, 3.63) is 28.5 Å². The van der Waals surface area contributed by atoms with Gasteiger partial charge in [0.1, 0.15) is 0 Å². The number of rotatable bonds is 6. The predicted octanol–water partition coefficient (Wildman–Crippen LogP) is 4.79. The molecule has 1 atom stereocenters. The highest BCUT2D eigenvalue weighted by Crippen LogP contribution is 2.21. The minimum Gasteiger partial charge on any atom is -0.491 e. The van der Waals surface area contributed by atoms with Crippen LogP contribution in [0.5, 0.6) is 5.75 Å². The van der Waals surface area contributed by atoms with Crippen LogP contribution in [0.25, 0.3) is 0 Å². The summed E-state index contributed by atoms with van der Waals surface area (Å²) in [6.45, 7) is 4.99. The number of hydrogen-bond donors (Lipinski definition) is 0. The molecule has 0 spiro atoms. The molecule has 1 aromatic carbocycles. The van der Waals surface area contributed by atoms with E-state index in [1.165, 1.54) is 12.5 Å². The van der Waals surface area contributed by atoms with Crippen LogP contribution in [0, 0.1) is 11.7 Å². The minimum atomic E-state index is -0.307. The highest BCUT2D eigenvalue weighted by atomic mass is 79.9. The molecule has 0 fully saturated rings. The van der Waals surface area contributed by atoms with Crippen molar-refractivity contribution >= 4 is 15.9 Å². The number of hydrogen-bond acceptors (Lipinski definition) is 1. The Bertz CT molecular complexity index is 328. The molecule has 0 saturated heterocycles. The van der Waals surface area contributed by atoms with Gasteiger partial charge in [-0.3, -0.25) is 0 Å². The maximum absolute atomic E-state index is 13.3. The van der Waals surface area contributed by atoms with Crippen LogP contribution in [0.2, 0.25) is 0 Å². The highest BCUT2D eigenvalue weighted by molar-refractivity contribution is 9.10. The molecule has 0 aromatic heterocycles. The van der Waals surface area contributed by atoms with Crippen molar-refractivity contribution < 1.29 is 9.13 Å². The largest absolute Gasteiger partial charge is 0.491 e. The van der Waals surface area contributed by atoms with Crippen LogP contribution in [-0.4, -0.2) is 6.61 Å². The van der Waals surface area contributed by atoms with Crippen molar-refractivity contribution in [3.63, 3.8) is 0 Å². The molecule has 0 radical (unpaired) electrons. The van der Waals surface area contributed by atoms with Crippen LogP contribution in [-0.2, 0) is 0 Å². The Labute approximate surface area is 105 Å². The van der Waals surface area contributed by atoms with Gasteiger partial charge in [0.15, 0.2) is 11.6 Å². The van der Waals surface area contributed by atoms with Gasteiger partial charge < -0.3 is 4.74 Å². The zero-order valence-electron chi connectivity index (χ0n) is 9.80. The summed E-state index contributed by atoms with van der Waals surface area (Å²) in [5.74, 6) is 0.753. The van der Waals surface area contributed by atoms with Gasteiger partial charge >= 0.3 is 0 Å². The summed E-state index contributed by atoms with van der Waals surface area (Å²) in [6, 6.07) is 4.86. The number of halogens is 2. The van der Waals surface area contributed by atoms with Crippen LogP contribution in [0.15, 0.2) is 22.7 Å². The molecule has 0 bridgehead atoms. The molecule has 90 valence electrons. The van der Waals surface area contributed by atoms with Gasteiger partial charge in [-0.15, -0.1) is 0 Å². The van der Waals surface area contributed by atoms with Crippen molar-refractivity contribution in [1.29, 1.82) is 0 Å². The topological polar surface area (TPSA) is 9.23 Å². The lowest BCUT2D eigenvalue weighted by Gasteiger charge is -2.10. The summed E-state index contributed by atoms with van der Waals surface area (Å²) in [5.41, 5.74) is 0. The molecule has 0 aliphatic rings. The number of benzene rings is 1. The Morgan fingerprint density at radius 1 is 1.44 bits per heavy atom. The molecule has 1 rings (SSSR count). The molecule has 1 unspecified atom stereocenters. The summed E-state index contributed by atoms with van der Waals surface area (Å²) in [7, 11) is 0. The molecule has 1 aromatic rings. The van der Waals surface area contributed by atoms with E-state index in [2.05, 4.69) is 29.8 Å². The molecule has 0 N–H and O–H groups in total. The first-order chi connectivity index (χ1) is 7.63. The van der Waals surface area contributed by atoms with Gasteiger partial charge in [0, 0.05) is 4.47 Å². The van der Waals surface area contributed by atoms with Crippen LogP contribution in [0.3, 0.4) is 0 Å². The van der Waals surface area contributed by atoms with Crippen molar-refractivity contribution in [2.75, 3.05) is 6.61 Å². The van der Waals surface area contributed by atoms with E-state index in [1.54, 1.807) is 12.1 Å². The zero-order valence-corrected chi connectivity index (χ0v) is 11.4. The van der Waals surface area contributed by atoms with Gasteiger partial charge in [-0.2, -0.15) is 0 Å². The Morgan fingerprint density at radius 3 is 2.81 bits per heavy atom. The molecule has 3 heteroatoms. The van der Waals surface area contributed by atoms with Crippen LogP contribution < -0.4 is 4.74 Å². The lowest BCUT2D eigenvalue weighted by molar-refractivity contribution is 0.281. The van der Waals surface area contributed by atoms with Gasteiger partial charge in [0.25, 0.3) is 0 Å². The Morgan fingerprint density at radius 2 is 2.19 bits per heavy atom. The van der Waals surface area contributed by atoms with Crippen molar-refractivity contribution in [2.24, 2.45) is 5.92 Å². The van der Waals surface area contributed by atoms with E-state index < -0.39 is 0 Å². The van der Waals surface area contributed by atoms with Crippen LogP contribution >= 0.6 is 15.9 Å². The fraction of sp³-hybridized carbons (Fsp3) is 0.538. The second-order valence-electron chi connectivity index (χ2n) is 4.08. The molecular weight excluding hydrogens is 271 g/mol. The SMILES string of the molecule is CCC(C)CCCOc1ccc(Br)cc1F. The van der Waals surface area contributed by atoms with Crippen molar-refractivity contribution in [1.82, 2.24) is 0 Å². The third-order valence-electron chi connectivity index (χ3n) is 2.69. The second-order valence-corrected chi connectivity index (χ2v) is 4.99. The van der Waals surface area contributed by atoms with Crippen molar-refractivity contribution in [3.8, 4) is 5.75 Å². The highest BCUT2D eigenvalue weighted by Gasteiger charge is 2.04.